The van der Waals surface area contributed by atoms with E-state index in [1.807, 2.05) is 5.12 Å². The molecule has 98 valence electrons. The standard InChI is InChI=1S/C12H29N3O/c1-3-5-7-9-13-15(11-12-16)14-10-8-6-4-2/h13-14,16H,3-12H2,1-2H3. The second-order valence-electron chi connectivity index (χ2n) is 4.11. The molecule has 0 atom stereocenters. The third-order valence-corrected chi connectivity index (χ3v) is 2.49. The minimum absolute atomic E-state index is 0.182. The van der Waals surface area contributed by atoms with Crippen LogP contribution in [0.1, 0.15) is 52.4 Å². The number of nitrogens with one attached hydrogen (secondary N) is 2. The SMILES string of the molecule is CCCCCNN(CCO)NCCCCC. The van der Waals surface area contributed by atoms with Crippen molar-refractivity contribution in [3.05, 3.63) is 0 Å². The van der Waals surface area contributed by atoms with Gasteiger partial charge >= 0.3 is 0 Å². The molecule has 0 spiro atoms. The first-order chi connectivity index (χ1) is 7.85. The molecule has 0 rings (SSSR count). The molecule has 0 aliphatic carbocycles. The summed E-state index contributed by atoms with van der Waals surface area (Å²) in [6.07, 6.45) is 7.38. The number of hydrogen-bond acceptors (Lipinski definition) is 4. The van der Waals surface area contributed by atoms with Crippen molar-refractivity contribution in [3.8, 4) is 0 Å². The molecule has 0 radical (unpaired) electrons. The van der Waals surface area contributed by atoms with Crippen molar-refractivity contribution in [2.24, 2.45) is 0 Å². The Labute approximate surface area is 100 Å². The first-order valence-electron chi connectivity index (χ1n) is 6.70. The van der Waals surface area contributed by atoms with Crippen molar-refractivity contribution in [1.82, 2.24) is 16.0 Å². The van der Waals surface area contributed by atoms with Gasteiger partial charge in [-0.05, 0) is 12.8 Å². The molecular weight excluding hydrogens is 202 g/mol. The highest BCUT2D eigenvalue weighted by Gasteiger charge is 2.01. The van der Waals surface area contributed by atoms with Crippen molar-refractivity contribution in [2.75, 3.05) is 26.2 Å². The topological polar surface area (TPSA) is 47.5 Å². The maximum Gasteiger partial charge on any atom is 0.0587 e. The molecule has 0 aliphatic heterocycles. The third kappa shape index (κ3) is 10.4. The third-order valence-electron chi connectivity index (χ3n) is 2.49. The molecule has 4 heteroatoms. The molecular formula is C12H29N3O. The van der Waals surface area contributed by atoms with E-state index in [1.165, 1.54) is 38.5 Å². The maximum atomic E-state index is 8.92. The van der Waals surface area contributed by atoms with Crippen molar-refractivity contribution < 1.29 is 5.11 Å². The van der Waals surface area contributed by atoms with Crippen LogP contribution in [0.4, 0.5) is 0 Å². The molecule has 0 aromatic rings. The normalized spacial score (nSPS) is 11.2. The molecule has 0 unspecified atom stereocenters. The van der Waals surface area contributed by atoms with Gasteiger partial charge in [0.15, 0.2) is 0 Å². The van der Waals surface area contributed by atoms with E-state index < -0.39 is 0 Å². The lowest BCUT2D eigenvalue weighted by molar-refractivity contribution is 0.0845. The van der Waals surface area contributed by atoms with Gasteiger partial charge in [-0.3, -0.25) is 0 Å². The predicted octanol–water partition coefficient (Wildman–Crippen LogP) is 1.67. The quantitative estimate of drug-likeness (QED) is 0.353. The minimum atomic E-state index is 0.182. The smallest absolute Gasteiger partial charge is 0.0587 e. The van der Waals surface area contributed by atoms with Crippen molar-refractivity contribution in [2.45, 2.75) is 52.4 Å². The van der Waals surface area contributed by atoms with E-state index in [0.717, 1.165) is 13.1 Å². The summed E-state index contributed by atoms with van der Waals surface area (Å²) in [7, 11) is 0. The zero-order valence-corrected chi connectivity index (χ0v) is 11.0. The average Bonchev–Trinajstić information content (AvgIpc) is 2.30. The lowest BCUT2D eigenvalue weighted by Crippen LogP contribution is -2.50. The van der Waals surface area contributed by atoms with E-state index in [1.54, 1.807) is 0 Å². The van der Waals surface area contributed by atoms with Crippen molar-refractivity contribution in [3.63, 3.8) is 0 Å². The van der Waals surface area contributed by atoms with Crippen molar-refractivity contribution >= 4 is 0 Å². The zero-order chi connectivity index (χ0) is 12.1. The van der Waals surface area contributed by atoms with E-state index in [9.17, 15) is 0 Å². The Morgan fingerprint density at radius 2 is 1.38 bits per heavy atom. The molecule has 0 aliphatic rings. The summed E-state index contributed by atoms with van der Waals surface area (Å²) < 4.78 is 0. The Kier molecular flexibility index (Phi) is 12.8. The van der Waals surface area contributed by atoms with Crippen LogP contribution in [-0.4, -0.2) is 36.5 Å². The first kappa shape index (κ1) is 15.8. The van der Waals surface area contributed by atoms with E-state index in [2.05, 4.69) is 24.7 Å². The average molecular weight is 231 g/mol. The van der Waals surface area contributed by atoms with Crippen LogP contribution in [0, 0.1) is 0 Å². The largest absolute Gasteiger partial charge is 0.395 e. The van der Waals surface area contributed by atoms with E-state index in [-0.39, 0.29) is 6.61 Å². The summed E-state index contributed by atoms with van der Waals surface area (Å²) in [6.45, 7) is 7.19. The number of aliphatic hydroxyl groups excluding tert-OH is 1. The number of nitrogens with zero attached hydrogens (tertiary/aromatic N) is 1. The summed E-state index contributed by atoms with van der Waals surface area (Å²) in [4.78, 5) is 0. The van der Waals surface area contributed by atoms with Gasteiger partial charge < -0.3 is 5.11 Å². The van der Waals surface area contributed by atoms with Gasteiger partial charge in [-0.2, -0.15) is 5.12 Å². The molecule has 0 fully saturated rings. The number of rotatable bonds is 12. The highest BCUT2D eigenvalue weighted by Crippen LogP contribution is 1.93. The summed E-state index contributed by atoms with van der Waals surface area (Å²) in [5.74, 6) is 0. The molecule has 0 aromatic carbocycles. The summed E-state index contributed by atoms with van der Waals surface area (Å²) >= 11 is 0. The Balaban J connectivity index is 3.45. The van der Waals surface area contributed by atoms with Crippen LogP contribution in [0.3, 0.4) is 0 Å². The first-order valence-corrected chi connectivity index (χ1v) is 6.70. The monoisotopic (exact) mass is 231 g/mol. The van der Waals surface area contributed by atoms with Gasteiger partial charge in [-0.1, -0.05) is 39.5 Å². The van der Waals surface area contributed by atoms with Crippen molar-refractivity contribution in [1.29, 1.82) is 0 Å². The molecule has 0 aromatic heterocycles. The fourth-order valence-corrected chi connectivity index (χ4v) is 1.49. The summed E-state index contributed by atoms with van der Waals surface area (Å²) in [6, 6.07) is 0. The summed E-state index contributed by atoms with van der Waals surface area (Å²) in [5, 5.41) is 10.8. The highest BCUT2D eigenvalue weighted by molar-refractivity contribution is 4.49. The Bertz CT molecular complexity index is 121. The van der Waals surface area contributed by atoms with E-state index >= 15 is 0 Å². The molecule has 0 bridgehead atoms. The molecule has 3 N–H and O–H groups in total. The van der Waals surface area contributed by atoms with Crippen LogP contribution in [-0.2, 0) is 0 Å². The molecule has 0 heterocycles. The number of unbranched alkanes of at least 4 members (excludes halogenated alkanes) is 4. The zero-order valence-electron chi connectivity index (χ0n) is 11.0. The molecule has 16 heavy (non-hydrogen) atoms. The van der Waals surface area contributed by atoms with Crippen LogP contribution in [0.25, 0.3) is 0 Å². The van der Waals surface area contributed by atoms with Gasteiger partial charge in [0, 0.05) is 13.1 Å². The van der Waals surface area contributed by atoms with Gasteiger partial charge in [0.25, 0.3) is 0 Å². The molecule has 0 amide bonds. The van der Waals surface area contributed by atoms with Crippen LogP contribution in [0.15, 0.2) is 0 Å². The number of hydrazine groups is 2. The molecule has 4 nitrogen and oxygen atoms in total. The second-order valence-corrected chi connectivity index (χ2v) is 4.11. The lowest BCUT2D eigenvalue weighted by atomic mass is 10.2. The van der Waals surface area contributed by atoms with E-state index in [4.69, 9.17) is 5.11 Å². The van der Waals surface area contributed by atoms with Crippen LogP contribution >= 0.6 is 0 Å². The maximum absolute atomic E-state index is 8.92. The number of hydrogen-bond donors (Lipinski definition) is 3. The van der Waals surface area contributed by atoms with Crippen LogP contribution in [0.2, 0.25) is 0 Å². The Hall–Kier alpha value is -0.160. The van der Waals surface area contributed by atoms with Crippen LogP contribution in [0.5, 0.6) is 0 Å². The van der Waals surface area contributed by atoms with Crippen LogP contribution < -0.4 is 10.9 Å². The fourth-order valence-electron chi connectivity index (χ4n) is 1.49. The predicted molar refractivity (Wildman–Crippen MR) is 68.8 cm³/mol. The molecule has 0 saturated carbocycles. The highest BCUT2D eigenvalue weighted by atomic mass is 16.3. The second kappa shape index (κ2) is 12.9. The van der Waals surface area contributed by atoms with E-state index in [0.29, 0.717) is 6.54 Å². The molecule has 0 saturated heterocycles. The minimum Gasteiger partial charge on any atom is -0.395 e. The summed E-state index contributed by atoms with van der Waals surface area (Å²) in [5.41, 5.74) is 6.59. The van der Waals surface area contributed by atoms with Gasteiger partial charge in [0.05, 0.1) is 13.2 Å². The Morgan fingerprint density at radius 1 is 0.875 bits per heavy atom. The van der Waals surface area contributed by atoms with Gasteiger partial charge in [-0.25, -0.2) is 10.9 Å². The Morgan fingerprint density at radius 3 is 1.75 bits per heavy atom. The van der Waals surface area contributed by atoms with Gasteiger partial charge in [-0.15, -0.1) is 0 Å². The van der Waals surface area contributed by atoms with Gasteiger partial charge in [0.2, 0.25) is 0 Å². The lowest BCUT2D eigenvalue weighted by Gasteiger charge is -2.23. The fraction of sp³-hybridized carbons (Fsp3) is 1.00. The number of aliphatic hydroxyl groups is 1. The van der Waals surface area contributed by atoms with Gasteiger partial charge in [0.1, 0.15) is 0 Å².